The van der Waals surface area contributed by atoms with Gasteiger partial charge >= 0.3 is 0 Å². The molecule has 2 aliphatic heterocycles. The van der Waals surface area contributed by atoms with Crippen molar-refractivity contribution in [3.63, 3.8) is 0 Å². The maximum atomic E-state index is 12.3. The molecule has 1 atom stereocenters. The zero-order valence-corrected chi connectivity index (χ0v) is 17.0. The number of nitrogens with zero attached hydrogens (tertiary/aromatic N) is 4. The molecule has 0 saturated carbocycles. The number of halogens is 1. The predicted molar refractivity (Wildman–Crippen MR) is 111 cm³/mol. The monoisotopic (exact) mass is 419 g/mol. The number of hydrogen-bond acceptors (Lipinski definition) is 7. The Morgan fingerprint density at radius 1 is 1.31 bits per heavy atom. The van der Waals surface area contributed by atoms with Crippen LogP contribution in [-0.4, -0.2) is 58.8 Å². The minimum absolute atomic E-state index is 0.0262. The molecule has 0 spiro atoms. The Balaban J connectivity index is 1.42. The maximum Gasteiger partial charge on any atom is 0.287 e. The molecule has 2 aromatic rings. The van der Waals surface area contributed by atoms with Crippen molar-refractivity contribution in [2.24, 2.45) is 0 Å². The van der Waals surface area contributed by atoms with E-state index in [4.69, 9.17) is 21.4 Å². The van der Waals surface area contributed by atoms with E-state index in [9.17, 15) is 4.79 Å². The van der Waals surface area contributed by atoms with Gasteiger partial charge in [0.15, 0.2) is 0 Å². The van der Waals surface area contributed by atoms with Gasteiger partial charge in [-0.3, -0.25) is 4.79 Å². The standard InChI is InChI=1S/C20H26ClN5O3/c21-19-17(12-24-26(9-10-27)20(19)28)25-8-4-16(13-25)29-18-11-15(3-7-23-18)14-1-5-22-6-2-14/h3,7,11-12,14,16,22,27H,1-2,4-6,8-10,13H2/t16-/m1/s1. The largest absolute Gasteiger partial charge is 0.472 e. The van der Waals surface area contributed by atoms with E-state index in [1.54, 1.807) is 6.20 Å². The van der Waals surface area contributed by atoms with Crippen molar-refractivity contribution in [3.05, 3.63) is 45.5 Å². The first kappa shape index (κ1) is 20.1. The number of aliphatic hydroxyl groups excluding tert-OH is 1. The second-order valence-electron chi connectivity index (χ2n) is 7.52. The van der Waals surface area contributed by atoms with Gasteiger partial charge in [0.2, 0.25) is 5.88 Å². The first-order valence-corrected chi connectivity index (χ1v) is 10.5. The molecule has 29 heavy (non-hydrogen) atoms. The van der Waals surface area contributed by atoms with Crippen molar-refractivity contribution in [2.75, 3.05) is 37.7 Å². The summed E-state index contributed by atoms with van der Waals surface area (Å²) < 4.78 is 7.32. The summed E-state index contributed by atoms with van der Waals surface area (Å²) in [6.07, 6.45) is 6.46. The van der Waals surface area contributed by atoms with Gasteiger partial charge in [-0.05, 0) is 43.5 Å². The molecule has 8 nitrogen and oxygen atoms in total. The molecule has 0 amide bonds. The number of aromatic nitrogens is 3. The molecule has 2 aliphatic rings. The zero-order valence-electron chi connectivity index (χ0n) is 16.3. The molecule has 0 aromatic carbocycles. The summed E-state index contributed by atoms with van der Waals surface area (Å²) in [5.74, 6) is 1.20. The normalized spacial score (nSPS) is 20.2. The van der Waals surface area contributed by atoms with Crippen LogP contribution in [0.2, 0.25) is 5.02 Å². The van der Waals surface area contributed by atoms with Crippen molar-refractivity contribution < 1.29 is 9.84 Å². The van der Waals surface area contributed by atoms with Gasteiger partial charge in [0.1, 0.15) is 11.1 Å². The van der Waals surface area contributed by atoms with Gasteiger partial charge in [-0.2, -0.15) is 5.10 Å². The lowest BCUT2D eigenvalue weighted by Gasteiger charge is -2.23. The van der Waals surface area contributed by atoms with Crippen LogP contribution in [0.1, 0.15) is 30.7 Å². The van der Waals surface area contributed by atoms with Crippen LogP contribution in [0, 0.1) is 0 Å². The van der Waals surface area contributed by atoms with Crippen LogP contribution in [0.5, 0.6) is 5.88 Å². The Morgan fingerprint density at radius 3 is 2.93 bits per heavy atom. The molecular weight excluding hydrogens is 394 g/mol. The van der Waals surface area contributed by atoms with E-state index in [0.717, 1.165) is 38.9 Å². The number of pyridine rings is 1. The van der Waals surface area contributed by atoms with E-state index in [0.29, 0.717) is 24.0 Å². The smallest absolute Gasteiger partial charge is 0.287 e. The van der Waals surface area contributed by atoms with Crippen molar-refractivity contribution in [2.45, 2.75) is 37.8 Å². The first-order chi connectivity index (χ1) is 14.2. The van der Waals surface area contributed by atoms with Crippen LogP contribution in [0.3, 0.4) is 0 Å². The predicted octanol–water partition coefficient (Wildman–Crippen LogP) is 1.41. The molecule has 4 heterocycles. The average Bonchev–Trinajstić information content (AvgIpc) is 3.20. The van der Waals surface area contributed by atoms with E-state index < -0.39 is 0 Å². The second-order valence-corrected chi connectivity index (χ2v) is 7.90. The Kier molecular flexibility index (Phi) is 6.32. The number of rotatable bonds is 6. The third-order valence-corrected chi connectivity index (χ3v) is 5.98. The van der Waals surface area contributed by atoms with E-state index in [1.165, 1.54) is 10.2 Å². The number of hydrogen-bond donors (Lipinski definition) is 2. The molecule has 0 unspecified atom stereocenters. The fraction of sp³-hybridized carbons (Fsp3) is 0.550. The third kappa shape index (κ3) is 4.55. The van der Waals surface area contributed by atoms with Crippen LogP contribution in [-0.2, 0) is 6.54 Å². The Hall–Kier alpha value is -2.16. The second kappa shape index (κ2) is 9.11. The van der Waals surface area contributed by atoms with Crippen LogP contribution < -0.4 is 20.5 Å². The maximum absolute atomic E-state index is 12.3. The number of ether oxygens (including phenoxy) is 1. The van der Waals surface area contributed by atoms with Gasteiger partial charge in [-0.1, -0.05) is 11.6 Å². The molecule has 2 saturated heterocycles. The molecule has 4 rings (SSSR count). The molecule has 156 valence electrons. The Bertz CT molecular complexity index is 900. The SMILES string of the molecule is O=c1c(Cl)c(N2CC[C@@H](Oc3cc(C4CCNCC4)ccn3)C2)cnn1CCO. The van der Waals surface area contributed by atoms with Gasteiger partial charge in [0.05, 0.1) is 31.6 Å². The van der Waals surface area contributed by atoms with Gasteiger partial charge in [0, 0.05) is 25.2 Å². The summed E-state index contributed by atoms with van der Waals surface area (Å²) >= 11 is 6.27. The highest BCUT2D eigenvalue weighted by Gasteiger charge is 2.27. The molecule has 0 bridgehead atoms. The molecule has 2 N–H and O–H groups in total. The third-order valence-electron chi connectivity index (χ3n) is 5.62. The van der Waals surface area contributed by atoms with Crippen LogP contribution in [0.15, 0.2) is 29.3 Å². The highest BCUT2D eigenvalue weighted by atomic mass is 35.5. The Labute approximate surface area is 174 Å². The van der Waals surface area contributed by atoms with Crippen LogP contribution >= 0.6 is 11.6 Å². The molecule has 9 heteroatoms. The van der Waals surface area contributed by atoms with Crippen molar-refractivity contribution in [1.82, 2.24) is 20.1 Å². The highest BCUT2D eigenvalue weighted by Crippen LogP contribution is 2.29. The topological polar surface area (TPSA) is 92.5 Å². The molecule has 2 fully saturated rings. The van der Waals surface area contributed by atoms with E-state index in [-0.39, 0.29) is 29.8 Å². The van der Waals surface area contributed by atoms with E-state index >= 15 is 0 Å². The summed E-state index contributed by atoms with van der Waals surface area (Å²) in [6, 6.07) is 4.14. The molecule has 0 aliphatic carbocycles. The molecular formula is C20H26ClN5O3. The number of piperidine rings is 1. The number of aliphatic hydroxyl groups is 1. The van der Waals surface area contributed by atoms with Crippen molar-refractivity contribution in [3.8, 4) is 5.88 Å². The summed E-state index contributed by atoms with van der Waals surface area (Å²) in [6.45, 7) is 3.40. The lowest BCUT2D eigenvalue weighted by atomic mass is 9.91. The quantitative estimate of drug-likeness (QED) is 0.731. The summed E-state index contributed by atoms with van der Waals surface area (Å²) in [7, 11) is 0. The minimum Gasteiger partial charge on any atom is -0.472 e. The number of nitrogens with one attached hydrogen (secondary N) is 1. The van der Waals surface area contributed by atoms with Crippen LogP contribution in [0.25, 0.3) is 0 Å². The van der Waals surface area contributed by atoms with Crippen LogP contribution in [0.4, 0.5) is 5.69 Å². The van der Waals surface area contributed by atoms with Gasteiger partial charge in [-0.25, -0.2) is 9.67 Å². The van der Waals surface area contributed by atoms with Gasteiger partial charge in [-0.15, -0.1) is 0 Å². The summed E-state index contributed by atoms with van der Waals surface area (Å²) in [5.41, 5.74) is 1.50. The van der Waals surface area contributed by atoms with E-state index in [1.807, 2.05) is 11.1 Å². The Morgan fingerprint density at radius 2 is 2.14 bits per heavy atom. The summed E-state index contributed by atoms with van der Waals surface area (Å²) in [4.78, 5) is 18.7. The molecule has 2 aromatic heterocycles. The first-order valence-electron chi connectivity index (χ1n) is 10.1. The number of anilines is 1. The highest BCUT2D eigenvalue weighted by molar-refractivity contribution is 6.33. The lowest BCUT2D eigenvalue weighted by molar-refractivity contribution is 0.215. The molecule has 0 radical (unpaired) electrons. The fourth-order valence-corrected chi connectivity index (χ4v) is 4.31. The zero-order chi connectivity index (χ0) is 20.2. The van der Waals surface area contributed by atoms with Gasteiger partial charge < -0.3 is 20.1 Å². The van der Waals surface area contributed by atoms with Crippen molar-refractivity contribution in [1.29, 1.82) is 0 Å². The fourth-order valence-electron chi connectivity index (χ4n) is 4.04. The lowest BCUT2D eigenvalue weighted by Crippen LogP contribution is -2.30. The van der Waals surface area contributed by atoms with Crippen molar-refractivity contribution >= 4 is 17.3 Å². The average molecular weight is 420 g/mol. The van der Waals surface area contributed by atoms with E-state index in [2.05, 4.69) is 27.5 Å². The minimum atomic E-state index is -0.390. The summed E-state index contributed by atoms with van der Waals surface area (Å²) in [5, 5.41) is 16.6. The van der Waals surface area contributed by atoms with Gasteiger partial charge in [0.25, 0.3) is 5.56 Å².